The van der Waals surface area contributed by atoms with Crippen molar-refractivity contribution in [2.75, 3.05) is 31.1 Å². The summed E-state index contributed by atoms with van der Waals surface area (Å²) in [6.07, 6.45) is 0. The van der Waals surface area contributed by atoms with Crippen molar-refractivity contribution in [1.29, 1.82) is 10.5 Å². The molecule has 0 aliphatic carbocycles. The number of sulfonamides is 1. The molecule has 2 saturated heterocycles. The van der Waals surface area contributed by atoms with E-state index in [1.165, 1.54) is 4.31 Å². The monoisotopic (exact) mass is 459 g/mol. The van der Waals surface area contributed by atoms with Gasteiger partial charge in [0.05, 0.1) is 27.9 Å². The van der Waals surface area contributed by atoms with E-state index in [9.17, 15) is 18.9 Å². The van der Waals surface area contributed by atoms with E-state index in [-0.39, 0.29) is 18.0 Å². The summed E-state index contributed by atoms with van der Waals surface area (Å²) in [4.78, 5) is 5.77. The number of hydrogen-bond donors (Lipinski definition) is 1. The molecule has 8 heteroatoms. The fourth-order valence-corrected chi connectivity index (χ4v) is 6.43. The zero-order chi connectivity index (χ0) is 23.6. The summed E-state index contributed by atoms with van der Waals surface area (Å²) in [5.74, 6) is 0. The first-order valence-electron chi connectivity index (χ1n) is 10.9. The first kappa shape index (κ1) is 21.5. The summed E-state index contributed by atoms with van der Waals surface area (Å²) < 4.78 is 27.9. The Morgan fingerprint density at radius 3 is 2.27 bits per heavy atom. The van der Waals surface area contributed by atoms with E-state index in [0.717, 1.165) is 33.4 Å². The first-order valence-corrected chi connectivity index (χ1v) is 12.3. The van der Waals surface area contributed by atoms with Gasteiger partial charge in [-0.1, -0.05) is 12.1 Å². The average Bonchev–Trinajstić information content (AvgIpc) is 3.17. The van der Waals surface area contributed by atoms with Gasteiger partial charge in [0.1, 0.15) is 0 Å². The molecule has 2 aliphatic heterocycles. The standard InChI is InChI=1S/C25H25N5O2S/c1-17-4-5-18-9-22(28-21(18)8-17)20-10-19(33(31,32)30-15-25(3,12-27)16-30)6-7-23(20)29-13-24(2,11-26)14-29/h4-10,28H,13-16H2,1-3H3. The molecule has 3 heterocycles. The molecule has 33 heavy (non-hydrogen) atoms. The van der Waals surface area contributed by atoms with Gasteiger partial charge in [0, 0.05) is 54.0 Å². The van der Waals surface area contributed by atoms with Crippen LogP contribution in [0.2, 0.25) is 0 Å². The number of nitrogens with zero attached hydrogens (tertiary/aromatic N) is 4. The van der Waals surface area contributed by atoms with E-state index in [1.807, 2.05) is 38.1 Å². The van der Waals surface area contributed by atoms with Gasteiger partial charge in [0.2, 0.25) is 10.0 Å². The van der Waals surface area contributed by atoms with Crippen LogP contribution in [0.3, 0.4) is 0 Å². The molecule has 2 fully saturated rings. The minimum atomic E-state index is -3.71. The third-order valence-electron chi connectivity index (χ3n) is 6.68. The number of anilines is 1. The normalized spacial score (nSPS) is 19.4. The lowest BCUT2D eigenvalue weighted by atomic mass is 9.83. The molecule has 3 aromatic rings. The van der Waals surface area contributed by atoms with Gasteiger partial charge >= 0.3 is 0 Å². The lowest BCUT2D eigenvalue weighted by Crippen LogP contribution is -2.56. The van der Waals surface area contributed by atoms with Crippen molar-refractivity contribution in [2.45, 2.75) is 25.7 Å². The second kappa shape index (κ2) is 7.08. The Hall–Kier alpha value is -3.33. The van der Waals surface area contributed by atoms with Crippen molar-refractivity contribution in [3.63, 3.8) is 0 Å². The van der Waals surface area contributed by atoms with Gasteiger partial charge in [-0.25, -0.2) is 8.42 Å². The number of aromatic amines is 1. The molecule has 2 aliphatic rings. The smallest absolute Gasteiger partial charge is 0.243 e. The Balaban J connectivity index is 1.58. The number of benzene rings is 2. The van der Waals surface area contributed by atoms with Crippen LogP contribution in [0.5, 0.6) is 0 Å². The largest absolute Gasteiger partial charge is 0.368 e. The Labute approximate surface area is 193 Å². The summed E-state index contributed by atoms with van der Waals surface area (Å²) >= 11 is 0. The molecule has 1 N–H and O–H groups in total. The Kier molecular flexibility index (Phi) is 4.62. The second-order valence-corrected chi connectivity index (χ2v) is 11.9. The molecular formula is C25H25N5O2S. The number of aryl methyl sites for hydroxylation is 1. The highest BCUT2D eigenvalue weighted by Crippen LogP contribution is 2.42. The highest BCUT2D eigenvalue weighted by molar-refractivity contribution is 7.89. The van der Waals surface area contributed by atoms with Crippen LogP contribution >= 0.6 is 0 Å². The maximum Gasteiger partial charge on any atom is 0.243 e. The van der Waals surface area contributed by atoms with Gasteiger partial charge in [0.15, 0.2) is 0 Å². The topological polar surface area (TPSA) is 104 Å². The van der Waals surface area contributed by atoms with E-state index >= 15 is 0 Å². The van der Waals surface area contributed by atoms with Gasteiger partial charge in [-0.05, 0) is 56.7 Å². The molecule has 0 saturated carbocycles. The molecule has 0 radical (unpaired) electrons. The van der Waals surface area contributed by atoms with Crippen molar-refractivity contribution >= 4 is 26.6 Å². The summed E-state index contributed by atoms with van der Waals surface area (Å²) in [5, 5.41) is 19.8. The Bertz CT molecular complexity index is 1460. The van der Waals surface area contributed by atoms with Crippen LogP contribution < -0.4 is 4.90 Å². The number of aromatic nitrogens is 1. The highest BCUT2D eigenvalue weighted by atomic mass is 32.2. The molecular weight excluding hydrogens is 434 g/mol. The van der Waals surface area contributed by atoms with Crippen LogP contribution in [0.15, 0.2) is 47.4 Å². The molecule has 0 amide bonds. The molecule has 0 spiro atoms. The van der Waals surface area contributed by atoms with Crippen molar-refractivity contribution in [3.8, 4) is 23.4 Å². The maximum absolute atomic E-state index is 13.3. The molecule has 168 valence electrons. The summed E-state index contributed by atoms with van der Waals surface area (Å²) in [5.41, 5.74) is 3.60. The number of nitrogens with one attached hydrogen (secondary N) is 1. The predicted molar refractivity (Wildman–Crippen MR) is 127 cm³/mol. The second-order valence-electron chi connectivity index (χ2n) is 9.93. The number of H-pyrrole nitrogens is 1. The van der Waals surface area contributed by atoms with Crippen molar-refractivity contribution < 1.29 is 8.42 Å². The minimum Gasteiger partial charge on any atom is -0.368 e. The van der Waals surface area contributed by atoms with Crippen LogP contribution in [0.1, 0.15) is 19.4 Å². The number of fused-ring (bicyclic) bond motifs is 1. The third-order valence-corrected chi connectivity index (χ3v) is 8.47. The average molecular weight is 460 g/mol. The van der Waals surface area contributed by atoms with Gasteiger partial charge in [-0.2, -0.15) is 14.8 Å². The van der Waals surface area contributed by atoms with Gasteiger partial charge in [0.25, 0.3) is 0 Å². The van der Waals surface area contributed by atoms with Crippen LogP contribution in [-0.2, 0) is 10.0 Å². The number of hydrogen-bond acceptors (Lipinski definition) is 5. The number of rotatable bonds is 4. The van der Waals surface area contributed by atoms with Gasteiger partial charge in [-0.3, -0.25) is 0 Å². The van der Waals surface area contributed by atoms with Gasteiger partial charge in [-0.15, -0.1) is 0 Å². The molecule has 0 atom stereocenters. The molecule has 0 bridgehead atoms. The van der Waals surface area contributed by atoms with Gasteiger partial charge < -0.3 is 9.88 Å². The van der Waals surface area contributed by atoms with E-state index in [2.05, 4.69) is 28.1 Å². The van der Waals surface area contributed by atoms with Crippen LogP contribution in [0.25, 0.3) is 22.2 Å². The third kappa shape index (κ3) is 3.47. The molecule has 7 nitrogen and oxygen atoms in total. The van der Waals surface area contributed by atoms with E-state index in [0.29, 0.717) is 13.1 Å². The summed E-state index contributed by atoms with van der Waals surface area (Å²) in [7, 11) is -3.71. The fraction of sp³-hybridized carbons (Fsp3) is 0.360. The first-order chi connectivity index (χ1) is 15.6. The number of nitriles is 2. The van der Waals surface area contributed by atoms with E-state index < -0.39 is 20.9 Å². The summed E-state index contributed by atoms with van der Waals surface area (Å²) in [6.45, 7) is 7.31. The quantitative estimate of drug-likeness (QED) is 0.634. The lowest BCUT2D eigenvalue weighted by molar-refractivity contribution is 0.149. The van der Waals surface area contributed by atoms with Crippen LogP contribution in [-0.4, -0.2) is 43.9 Å². The molecule has 0 unspecified atom stereocenters. The van der Waals surface area contributed by atoms with E-state index in [1.54, 1.807) is 19.1 Å². The zero-order valence-corrected chi connectivity index (χ0v) is 19.7. The molecule has 1 aromatic heterocycles. The van der Waals surface area contributed by atoms with Crippen molar-refractivity contribution in [3.05, 3.63) is 48.0 Å². The maximum atomic E-state index is 13.3. The predicted octanol–water partition coefficient (Wildman–Crippen LogP) is 4.03. The summed E-state index contributed by atoms with van der Waals surface area (Å²) in [6, 6.07) is 17.9. The molecule has 5 rings (SSSR count). The Morgan fingerprint density at radius 1 is 0.939 bits per heavy atom. The molecule has 2 aromatic carbocycles. The zero-order valence-electron chi connectivity index (χ0n) is 18.9. The highest BCUT2D eigenvalue weighted by Gasteiger charge is 2.46. The lowest BCUT2D eigenvalue weighted by Gasteiger charge is -2.46. The van der Waals surface area contributed by atoms with Crippen LogP contribution in [0, 0.1) is 40.4 Å². The minimum absolute atomic E-state index is 0.196. The van der Waals surface area contributed by atoms with Crippen LogP contribution in [0.4, 0.5) is 5.69 Å². The SMILES string of the molecule is Cc1ccc2cc(-c3cc(S(=O)(=O)N4CC(C)(C#N)C4)ccc3N3CC(C)(C#N)C3)[nH]c2c1. The van der Waals surface area contributed by atoms with E-state index in [4.69, 9.17) is 0 Å². The fourth-order valence-electron chi connectivity index (χ4n) is 4.71. The Morgan fingerprint density at radius 2 is 1.61 bits per heavy atom. The van der Waals surface area contributed by atoms with Crippen molar-refractivity contribution in [2.24, 2.45) is 10.8 Å². The van der Waals surface area contributed by atoms with Crippen molar-refractivity contribution in [1.82, 2.24) is 9.29 Å².